The lowest BCUT2D eigenvalue weighted by Gasteiger charge is -2.22. The summed E-state index contributed by atoms with van der Waals surface area (Å²) in [6, 6.07) is 4.69. The van der Waals surface area contributed by atoms with E-state index in [1.807, 2.05) is 27.7 Å². The molecule has 0 radical (unpaired) electrons. The summed E-state index contributed by atoms with van der Waals surface area (Å²) in [5.74, 6) is 0.213. The van der Waals surface area contributed by atoms with Crippen molar-refractivity contribution in [3.05, 3.63) is 28.8 Å². The van der Waals surface area contributed by atoms with Crippen molar-refractivity contribution in [3.63, 3.8) is 0 Å². The van der Waals surface area contributed by atoms with Crippen LogP contribution in [0.15, 0.2) is 18.2 Å². The SMILES string of the molecule is CC(N[S@](=O)C(C)(C)C)c1ccc(OCC(F)F)c(Cl)c1. The molecule has 0 saturated carbocycles. The Balaban J connectivity index is 2.76. The molecule has 0 heterocycles. The summed E-state index contributed by atoms with van der Waals surface area (Å²) in [5.41, 5.74) is 0.807. The Morgan fingerprint density at radius 2 is 2.00 bits per heavy atom. The smallest absolute Gasteiger partial charge is 0.272 e. The molecule has 21 heavy (non-hydrogen) atoms. The van der Waals surface area contributed by atoms with E-state index < -0.39 is 24.0 Å². The molecule has 0 spiro atoms. The van der Waals surface area contributed by atoms with Crippen LogP contribution in [0.1, 0.15) is 39.3 Å². The van der Waals surface area contributed by atoms with E-state index in [1.54, 1.807) is 12.1 Å². The van der Waals surface area contributed by atoms with Crippen molar-refractivity contribution in [3.8, 4) is 5.75 Å². The van der Waals surface area contributed by atoms with Crippen LogP contribution in [0.5, 0.6) is 5.75 Å². The second-order valence-corrected chi connectivity index (χ2v) is 8.02. The molecule has 2 atom stereocenters. The van der Waals surface area contributed by atoms with Gasteiger partial charge in [0.05, 0.1) is 20.8 Å². The van der Waals surface area contributed by atoms with Crippen LogP contribution < -0.4 is 9.46 Å². The molecule has 120 valence electrons. The Hall–Kier alpha value is -0.720. The summed E-state index contributed by atoms with van der Waals surface area (Å²) >= 11 is 6.01. The van der Waals surface area contributed by atoms with Gasteiger partial charge in [0.2, 0.25) is 0 Å². The molecule has 0 bridgehead atoms. The van der Waals surface area contributed by atoms with Gasteiger partial charge in [0.15, 0.2) is 0 Å². The quantitative estimate of drug-likeness (QED) is 0.847. The van der Waals surface area contributed by atoms with Crippen molar-refractivity contribution in [2.45, 2.75) is 44.9 Å². The van der Waals surface area contributed by atoms with Gasteiger partial charge >= 0.3 is 0 Å². The summed E-state index contributed by atoms with van der Waals surface area (Å²) < 4.78 is 43.8. The molecular weight excluding hydrogens is 320 g/mol. The van der Waals surface area contributed by atoms with E-state index in [0.717, 1.165) is 5.56 Å². The molecule has 1 aromatic carbocycles. The van der Waals surface area contributed by atoms with Crippen LogP contribution in [0.4, 0.5) is 8.78 Å². The van der Waals surface area contributed by atoms with Gasteiger partial charge < -0.3 is 4.74 Å². The lowest BCUT2D eigenvalue weighted by atomic mass is 10.1. The van der Waals surface area contributed by atoms with Crippen LogP contribution in [0.25, 0.3) is 0 Å². The topological polar surface area (TPSA) is 38.3 Å². The lowest BCUT2D eigenvalue weighted by molar-refractivity contribution is 0.0819. The van der Waals surface area contributed by atoms with Gasteiger partial charge in [0.1, 0.15) is 12.4 Å². The van der Waals surface area contributed by atoms with Gasteiger partial charge in [-0.3, -0.25) is 0 Å². The average Bonchev–Trinajstić information content (AvgIpc) is 2.35. The highest BCUT2D eigenvalue weighted by molar-refractivity contribution is 7.84. The third kappa shape index (κ3) is 5.88. The monoisotopic (exact) mass is 339 g/mol. The Labute approximate surface area is 131 Å². The van der Waals surface area contributed by atoms with Crippen molar-refractivity contribution >= 4 is 22.6 Å². The normalized spacial score (nSPS) is 15.0. The van der Waals surface area contributed by atoms with Crippen LogP contribution in [0.3, 0.4) is 0 Å². The fourth-order valence-corrected chi connectivity index (χ4v) is 2.52. The molecule has 3 nitrogen and oxygen atoms in total. The zero-order valence-electron chi connectivity index (χ0n) is 12.5. The zero-order chi connectivity index (χ0) is 16.2. The number of alkyl halides is 2. The molecule has 0 aliphatic heterocycles. The first kappa shape index (κ1) is 18.3. The highest BCUT2D eigenvalue weighted by Gasteiger charge is 2.22. The summed E-state index contributed by atoms with van der Waals surface area (Å²) in [4.78, 5) is 0. The maximum Gasteiger partial charge on any atom is 0.272 e. The second kappa shape index (κ2) is 7.51. The van der Waals surface area contributed by atoms with E-state index in [-0.39, 0.29) is 21.6 Å². The summed E-state index contributed by atoms with van der Waals surface area (Å²) in [5, 5.41) is 0.253. The first-order valence-electron chi connectivity index (χ1n) is 6.49. The predicted molar refractivity (Wildman–Crippen MR) is 82.4 cm³/mol. The van der Waals surface area contributed by atoms with Gasteiger partial charge in [0.25, 0.3) is 6.43 Å². The molecule has 0 aliphatic carbocycles. The number of halogens is 3. The van der Waals surface area contributed by atoms with Crippen molar-refractivity contribution in [1.29, 1.82) is 0 Å². The molecule has 0 saturated heterocycles. The molecule has 0 fully saturated rings. The maximum atomic E-state index is 12.1. The van der Waals surface area contributed by atoms with Crippen LogP contribution in [0.2, 0.25) is 5.02 Å². The average molecular weight is 340 g/mol. The first-order chi connectivity index (χ1) is 9.61. The van der Waals surface area contributed by atoms with E-state index in [9.17, 15) is 13.0 Å². The van der Waals surface area contributed by atoms with Gasteiger partial charge in [0, 0.05) is 6.04 Å². The fraction of sp³-hybridized carbons (Fsp3) is 0.571. The third-order valence-electron chi connectivity index (χ3n) is 2.66. The molecule has 1 rings (SSSR count). The van der Waals surface area contributed by atoms with Crippen LogP contribution in [-0.4, -0.2) is 22.0 Å². The molecule has 0 amide bonds. The summed E-state index contributed by atoms with van der Waals surface area (Å²) in [7, 11) is -1.21. The first-order valence-corrected chi connectivity index (χ1v) is 8.02. The molecule has 1 N–H and O–H groups in total. The van der Waals surface area contributed by atoms with Crippen molar-refractivity contribution in [2.24, 2.45) is 0 Å². The van der Waals surface area contributed by atoms with Gasteiger partial charge in [-0.25, -0.2) is 17.7 Å². The van der Waals surface area contributed by atoms with Crippen LogP contribution in [-0.2, 0) is 11.0 Å². The van der Waals surface area contributed by atoms with E-state index in [0.29, 0.717) is 0 Å². The number of rotatable bonds is 6. The standard InChI is InChI=1S/C14H20ClF2NO2S/c1-9(18-21(19)14(2,3)4)10-5-6-12(11(15)7-10)20-8-13(16)17/h5-7,9,13,18H,8H2,1-4H3/t9?,21-/m1/s1. The van der Waals surface area contributed by atoms with Crippen molar-refractivity contribution in [2.75, 3.05) is 6.61 Å². The molecular formula is C14H20ClF2NO2S. The molecule has 7 heteroatoms. The number of hydrogen-bond acceptors (Lipinski definition) is 2. The number of ether oxygens (including phenoxy) is 1. The maximum absolute atomic E-state index is 12.1. The number of nitrogens with one attached hydrogen (secondary N) is 1. The zero-order valence-corrected chi connectivity index (χ0v) is 14.0. The lowest BCUT2D eigenvalue weighted by Crippen LogP contribution is -2.34. The van der Waals surface area contributed by atoms with Crippen LogP contribution >= 0.6 is 11.6 Å². The number of benzene rings is 1. The minimum Gasteiger partial charge on any atom is -0.486 e. The van der Waals surface area contributed by atoms with Crippen LogP contribution in [0, 0.1) is 0 Å². The Bertz CT molecular complexity index is 506. The van der Waals surface area contributed by atoms with E-state index >= 15 is 0 Å². The van der Waals surface area contributed by atoms with Gasteiger partial charge in [-0.15, -0.1) is 0 Å². The highest BCUT2D eigenvalue weighted by atomic mass is 35.5. The van der Waals surface area contributed by atoms with E-state index in [2.05, 4.69) is 4.72 Å². The molecule has 1 unspecified atom stereocenters. The Morgan fingerprint density at radius 3 is 2.48 bits per heavy atom. The van der Waals surface area contributed by atoms with Gasteiger partial charge in [-0.2, -0.15) is 0 Å². The largest absolute Gasteiger partial charge is 0.486 e. The molecule has 0 aliphatic rings. The molecule has 0 aromatic heterocycles. The van der Waals surface area contributed by atoms with Gasteiger partial charge in [-0.1, -0.05) is 17.7 Å². The Morgan fingerprint density at radius 1 is 1.38 bits per heavy atom. The summed E-state index contributed by atoms with van der Waals surface area (Å²) in [6.45, 7) is 6.78. The fourth-order valence-electron chi connectivity index (χ4n) is 1.46. The minimum absolute atomic E-state index is 0.188. The van der Waals surface area contributed by atoms with E-state index in [1.165, 1.54) is 6.07 Å². The van der Waals surface area contributed by atoms with Gasteiger partial charge in [-0.05, 0) is 45.4 Å². The van der Waals surface area contributed by atoms with Crippen molar-refractivity contribution in [1.82, 2.24) is 4.72 Å². The third-order valence-corrected chi connectivity index (χ3v) is 4.64. The van der Waals surface area contributed by atoms with E-state index in [4.69, 9.17) is 16.3 Å². The minimum atomic E-state index is -2.55. The van der Waals surface area contributed by atoms with Crippen molar-refractivity contribution < 1.29 is 17.7 Å². The molecule has 1 aromatic rings. The second-order valence-electron chi connectivity index (χ2n) is 5.61. The number of hydrogen-bond donors (Lipinski definition) is 1. The Kier molecular flexibility index (Phi) is 6.56. The predicted octanol–water partition coefficient (Wildman–Crippen LogP) is 4.10. The highest BCUT2D eigenvalue weighted by Crippen LogP contribution is 2.28. The summed E-state index contributed by atoms with van der Waals surface area (Å²) in [6.07, 6.45) is -2.55.